The van der Waals surface area contributed by atoms with E-state index in [1.165, 1.54) is 25.8 Å². The van der Waals surface area contributed by atoms with Crippen LogP contribution in [0.15, 0.2) is 42.5 Å². The van der Waals surface area contributed by atoms with Crippen LogP contribution in [0, 0.1) is 6.92 Å². The van der Waals surface area contributed by atoms with E-state index in [2.05, 4.69) is 0 Å². The summed E-state index contributed by atoms with van der Waals surface area (Å²) in [5.41, 5.74) is -4.00. The summed E-state index contributed by atoms with van der Waals surface area (Å²) in [5, 5.41) is 0. The van der Waals surface area contributed by atoms with Crippen molar-refractivity contribution in [2.24, 2.45) is 0 Å². The van der Waals surface area contributed by atoms with Gasteiger partial charge in [0, 0.05) is 32.1 Å². The van der Waals surface area contributed by atoms with Gasteiger partial charge in [-0.3, -0.25) is 4.79 Å². The predicted molar refractivity (Wildman–Crippen MR) is 149 cm³/mol. The third-order valence-electron chi connectivity index (χ3n) is 7.48. The lowest BCUT2D eigenvalue weighted by atomic mass is 9.79. The molecule has 5 nitrogen and oxygen atoms in total. The summed E-state index contributed by atoms with van der Waals surface area (Å²) in [5.74, 6) is -1.02. The Labute approximate surface area is 243 Å². The maximum Gasteiger partial charge on any atom is 0.416 e. The SMILES string of the molecule is C.Cc1ccccc1[C@H]1CN(C(=O)OC(C)(C)C)CC[C@@H]1N(C)C(=O)C(C)(C)c1cc(C(F)(F)F)cc(C(F)(F)F)c1. The number of hydrogen-bond donors (Lipinski definition) is 0. The van der Waals surface area contributed by atoms with Crippen LogP contribution in [-0.2, 0) is 27.3 Å². The number of likely N-dealkylation sites (N-methyl/N-ethyl adjacent to an activating group) is 1. The molecule has 234 valence electrons. The van der Waals surface area contributed by atoms with E-state index in [-0.39, 0.29) is 32.5 Å². The van der Waals surface area contributed by atoms with Crippen LogP contribution in [0.5, 0.6) is 0 Å². The third-order valence-corrected chi connectivity index (χ3v) is 7.48. The first kappa shape index (κ1) is 35.0. The minimum atomic E-state index is -5.04. The molecule has 0 saturated carbocycles. The topological polar surface area (TPSA) is 49.9 Å². The van der Waals surface area contributed by atoms with Crippen molar-refractivity contribution in [1.29, 1.82) is 0 Å². The summed E-state index contributed by atoms with van der Waals surface area (Å²) in [7, 11) is 1.50. The molecule has 0 unspecified atom stereocenters. The number of likely N-dealkylation sites (tertiary alicyclic amines) is 1. The zero-order chi connectivity index (χ0) is 31.1. The summed E-state index contributed by atoms with van der Waals surface area (Å²) in [6.07, 6.45) is -10.3. The Morgan fingerprint density at radius 2 is 1.38 bits per heavy atom. The molecule has 42 heavy (non-hydrogen) atoms. The molecule has 0 bridgehead atoms. The molecule has 2 aromatic carbocycles. The van der Waals surface area contributed by atoms with E-state index in [4.69, 9.17) is 4.74 Å². The van der Waals surface area contributed by atoms with Crippen LogP contribution in [0.4, 0.5) is 31.1 Å². The summed E-state index contributed by atoms with van der Waals surface area (Å²) in [6.45, 7) is 10.3. The van der Waals surface area contributed by atoms with Crippen molar-refractivity contribution in [3.8, 4) is 0 Å². The molecular weight excluding hydrogens is 562 g/mol. The number of carbonyl (C=O) groups excluding carboxylic acids is 2. The molecule has 1 aliphatic rings. The van der Waals surface area contributed by atoms with Gasteiger partial charge >= 0.3 is 18.4 Å². The lowest BCUT2D eigenvalue weighted by molar-refractivity contribution is -0.144. The second-order valence-electron chi connectivity index (χ2n) is 12.1. The van der Waals surface area contributed by atoms with Gasteiger partial charge in [0.05, 0.1) is 16.5 Å². The normalized spacial score (nSPS) is 18.3. The fourth-order valence-corrected chi connectivity index (χ4v) is 5.23. The van der Waals surface area contributed by atoms with Gasteiger partial charge in [-0.05, 0) is 82.9 Å². The second-order valence-corrected chi connectivity index (χ2v) is 12.1. The Balaban J connectivity index is 0.00000616. The van der Waals surface area contributed by atoms with E-state index in [0.29, 0.717) is 18.6 Å². The van der Waals surface area contributed by atoms with E-state index in [1.807, 2.05) is 31.2 Å². The highest BCUT2D eigenvalue weighted by molar-refractivity contribution is 5.87. The average molecular weight is 603 g/mol. The van der Waals surface area contributed by atoms with E-state index in [0.717, 1.165) is 11.1 Å². The highest BCUT2D eigenvalue weighted by atomic mass is 19.4. The van der Waals surface area contributed by atoms with E-state index >= 15 is 0 Å². The van der Waals surface area contributed by atoms with Gasteiger partial charge in [-0.25, -0.2) is 4.79 Å². The molecule has 2 atom stereocenters. The molecular formula is C31H40F6N2O3. The summed E-state index contributed by atoms with van der Waals surface area (Å²) >= 11 is 0. The predicted octanol–water partition coefficient (Wildman–Crippen LogP) is 8.20. The number of aryl methyl sites for hydroxylation is 1. The highest BCUT2D eigenvalue weighted by Crippen LogP contribution is 2.41. The molecule has 1 saturated heterocycles. The van der Waals surface area contributed by atoms with Crippen LogP contribution >= 0.6 is 0 Å². The molecule has 0 aromatic heterocycles. The quantitative estimate of drug-likeness (QED) is 0.332. The van der Waals surface area contributed by atoms with Crippen molar-refractivity contribution >= 4 is 12.0 Å². The maximum atomic E-state index is 13.9. The Morgan fingerprint density at radius 1 is 0.881 bits per heavy atom. The largest absolute Gasteiger partial charge is 0.444 e. The number of carbonyl (C=O) groups is 2. The number of hydrogen-bond acceptors (Lipinski definition) is 3. The van der Waals surface area contributed by atoms with Gasteiger partial charge in [-0.2, -0.15) is 26.3 Å². The number of alkyl halides is 6. The van der Waals surface area contributed by atoms with E-state index in [9.17, 15) is 35.9 Å². The Morgan fingerprint density at radius 3 is 1.86 bits per heavy atom. The molecule has 1 heterocycles. The maximum absolute atomic E-state index is 13.9. The fraction of sp³-hybridized carbons (Fsp3) is 0.548. The van der Waals surface area contributed by atoms with Crippen LogP contribution in [0.25, 0.3) is 0 Å². The van der Waals surface area contributed by atoms with Crippen LogP contribution < -0.4 is 0 Å². The lowest BCUT2D eigenvalue weighted by Crippen LogP contribution is -2.55. The molecule has 0 N–H and O–H groups in total. The monoisotopic (exact) mass is 602 g/mol. The third kappa shape index (κ3) is 7.77. The zero-order valence-corrected chi connectivity index (χ0v) is 24.2. The first-order valence-corrected chi connectivity index (χ1v) is 13.2. The van der Waals surface area contributed by atoms with Gasteiger partial charge in [-0.1, -0.05) is 31.7 Å². The molecule has 0 spiro atoms. The molecule has 2 amide bonds. The molecule has 1 aliphatic heterocycles. The van der Waals surface area contributed by atoms with Crippen molar-refractivity contribution in [3.63, 3.8) is 0 Å². The first-order chi connectivity index (χ1) is 18.6. The summed E-state index contributed by atoms with van der Waals surface area (Å²) in [4.78, 5) is 29.8. The number of halogens is 6. The van der Waals surface area contributed by atoms with Crippen molar-refractivity contribution < 1.29 is 40.7 Å². The zero-order valence-electron chi connectivity index (χ0n) is 24.2. The van der Waals surface area contributed by atoms with Crippen molar-refractivity contribution in [3.05, 3.63) is 70.3 Å². The number of piperidine rings is 1. The fourth-order valence-electron chi connectivity index (χ4n) is 5.23. The molecule has 1 fully saturated rings. The average Bonchev–Trinajstić information content (AvgIpc) is 2.85. The van der Waals surface area contributed by atoms with E-state index in [1.54, 1.807) is 25.7 Å². The minimum Gasteiger partial charge on any atom is -0.444 e. The van der Waals surface area contributed by atoms with Gasteiger partial charge in [0.15, 0.2) is 0 Å². The van der Waals surface area contributed by atoms with Crippen LogP contribution in [-0.4, -0.2) is 53.6 Å². The standard InChI is InChI=1S/C30H36F6N2O3.CH4/c1-18-10-8-9-11-22(18)23-17-38(26(40)41-27(2,3)4)13-12-24(23)37(7)25(39)28(5,6)19-14-20(29(31,32)33)16-21(15-19)30(34,35)36;/h8-11,14-16,23-24H,12-13,17H2,1-7H3;1H4/t23-,24+;/m1./s1. The molecule has 3 rings (SSSR count). The first-order valence-electron chi connectivity index (χ1n) is 13.2. The smallest absolute Gasteiger partial charge is 0.416 e. The number of rotatable bonds is 4. The van der Waals surface area contributed by atoms with Crippen molar-refractivity contribution in [2.75, 3.05) is 20.1 Å². The van der Waals surface area contributed by atoms with Gasteiger partial charge in [0.25, 0.3) is 0 Å². The van der Waals surface area contributed by atoms with Gasteiger partial charge in [-0.15, -0.1) is 0 Å². The van der Waals surface area contributed by atoms with Crippen molar-refractivity contribution in [2.45, 2.75) is 90.7 Å². The molecule has 2 aromatic rings. The number of nitrogens with zero attached hydrogens (tertiary/aromatic N) is 2. The van der Waals surface area contributed by atoms with Gasteiger partial charge < -0.3 is 14.5 Å². The minimum absolute atomic E-state index is 0. The van der Waals surface area contributed by atoms with Crippen molar-refractivity contribution in [1.82, 2.24) is 9.80 Å². The van der Waals surface area contributed by atoms with Crippen LogP contribution in [0.3, 0.4) is 0 Å². The number of benzene rings is 2. The molecule has 0 radical (unpaired) electrons. The summed E-state index contributed by atoms with van der Waals surface area (Å²) < 4.78 is 86.9. The Hall–Kier alpha value is -3.24. The lowest BCUT2D eigenvalue weighted by Gasteiger charge is -2.45. The van der Waals surface area contributed by atoms with Crippen LogP contribution in [0.2, 0.25) is 0 Å². The van der Waals surface area contributed by atoms with Crippen LogP contribution in [0.1, 0.15) is 82.2 Å². The van der Waals surface area contributed by atoms with E-state index < -0.39 is 58.1 Å². The molecule has 11 heteroatoms. The van der Waals surface area contributed by atoms with Gasteiger partial charge in [0.1, 0.15) is 5.60 Å². The van der Waals surface area contributed by atoms with Gasteiger partial charge in [0.2, 0.25) is 5.91 Å². The number of ether oxygens (including phenoxy) is 1. The Kier molecular flexibility index (Phi) is 10.1. The Bertz CT molecular complexity index is 1250. The number of amides is 2. The summed E-state index contributed by atoms with van der Waals surface area (Å²) in [6, 6.07) is 8.23. The highest BCUT2D eigenvalue weighted by Gasteiger charge is 2.44. The second kappa shape index (κ2) is 12.2. The molecule has 0 aliphatic carbocycles.